The SMILES string of the molecule is C=C(C)[C@@H]1CCC(C)=C1CBr. The van der Waals surface area contributed by atoms with Crippen LogP contribution in [0.1, 0.15) is 26.7 Å². The quantitative estimate of drug-likeness (QED) is 0.486. The van der Waals surface area contributed by atoms with E-state index in [1.165, 1.54) is 18.4 Å². The summed E-state index contributed by atoms with van der Waals surface area (Å²) in [5.41, 5.74) is 4.45. The van der Waals surface area contributed by atoms with Crippen LogP contribution in [0, 0.1) is 5.92 Å². The highest BCUT2D eigenvalue weighted by molar-refractivity contribution is 9.09. The first-order valence-electron chi connectivity index (χ1n) is 4.06. The molecule has 0 nitrogen and oxygen atoms in total. The third-order valence-corrected chi connectivity index (χ3v) is 3.12. The van der Waals surface area contributed by atoms with E-state index in [4.69, 9.17) is 0 Å². The second-order valence-electron chi connectivity index (χ2n) is 3.38. The van der Waals surface area contributed by atoms with Gasteiger partial charge in [0.05, 0.1) is 0 Å². The summed E-state index contributed by atoms with van der Waals surface area (Å²) in [6.45, 7) is 8.38. The van der Waals surface area contributed by atoms with Gasteiger partial charge in [-0.05, 0) is 26.7 Å². The fourth-order valence-corrected chi connectivity index (χ4v) is 2.61. The van der Waals surface area contributed by atoms with E-state index in [1.54, 1.807) is 11.1 Å². The van der Waals surface area contributed by atoms with E-state index >= 15 is 0 Å². The number of rotatable bonds is 2. The van der Waals surface area contributed by atoms with Crippen LogP contribution in [0.2, 0.25) is 0 Å². The second-order valence-corrected chi connectivity index (χ2v) is 3.94. The molecule has 0 amide bonds. The Morgan fingerprint density at radius 2 is 2.36 bits per heavy atom. The molecular formula is C10H15Br. The highest BCUT2D eigenvalue weighted by atomic mass is 79.9. The predicted molar refractivity (Wildman–Crippen MR) is 54.0 cm³/mol. The van der Waals surface area contributed by atoms with Gasteiger partial charge < -0.3 is 0 Å². The molecule has 1 aliphatic carbocycles. The molecule has 11 heavy (non-hydrogen) atoms. The average Bonchev–Trinajstić information content (AvgIpc) is 2.30. The summed E-state index contributed by atoms with van der Waals surface area (Å²) < 4.78 is 0. The van der Waals surface area contributed by atoms with Crippen molar-refractivity contribution < 1.29 is 0 Å². The second kappa shape index (κ2) is 3.57. The summed E-state index contributed by atoms with van der Waals surface area (Å²) in [4.78, 5) is 0. The molecule has 0 aliphatic heterocycles. The highest BCUT2D eigenvalue weighted by Crippen LogP contribution is 2.36. The lowest BCUT2D eigenvalue weighted by Crippen LogP contribution is -2.01. The molecule has 62 valence electrons. The Balaban J connectivity index is 2.80. The van der Waals surface area contributed by atoms with Gasteiger partial charge >= 0.3 is 0 Å². The van der Waals surface area contributed by atoms with Crippen molar-refractivity contribution in [2.24, 2.45) is 5.92 Å². The van der Waals surface area contributed by atoms with Crippen molar-refractivity contribution >= 4 is 15.9 Å². The van der Waals surface area contributed by atoms with Crippen molar-refractivity contribution in [1.82, 2.24) is 0 Å². The number of hydrogen-bond acceptors (Lipinski definition) is 0. The minimum Gasteiger partial charge on any atom is -0.0995 e. The topological polar surface area (TPSA) is 0 Å². The fourth-order valence-electron chi connectivity index (χ4n) is 1.74. The molecule has 0 saturated carbocycles. The van der Waals surface area contributed by atoms with Crippen LogP contribution in [0.25, 0.3) is 0 Å². The molecule has 1 rings (SSSR count). The Hall–Kier alpha value is -0.0400. The summed E-state index contributed by atoms with van der Waals surface area (Å²) in [6.07, 6.45) is 2.54. The molecule has 0 bridgehead atoms. The zero-order chi connectivity index (χ0) is 8.43. The van der Waals surface area contributed by atoms with Crippen molar-refractivity contribution in [3.63, 3.8) is 0 Å². The molecule has 0 heterocycles. The lowest BCUT2D eigenvalue weighted by Gasteiger charge is -2.12. The highest BCUT2D eigenvalue weighted by Gasteiger charge is 2.22. The molecule has 0 saturated heterocycles. The van der Waals surface area contributed by atoms with Crippen LogP contribution in [0.3, 0.4) is 0 Å². The number of allylic oxidation sites excluding steroid dienone is 3. The zero-order valence-electron chi connectivity index (χ0n) is 7.28. The molecule has 0 unspecified atom stereocenters. The maximum Gasteiger partial charge on any atom is 0.0250 e. The molecular weight excluding hydrogens is 200 g/mol. The smallest absolute Gasteiger partial charge is 0.0250 e. The van der Waals surface area contributed by atoms with E-state index in [1.807, 2.05) is 0 Å². The summed E-state index contributed by atoms with van der Waals surface area (Å²) in [5.74, 6) is 0.661. The Bertz CT molecular complexity index is 201. The summed E-state index contributed by atoms with van der Waals surface area (Å²) >= 11 is 3.53. The largest absolute Gasteiger partial charge is 0.0995 e. The Kier molecular flexibility index (Phi) is 2.94. The minimum absolute atomic E-state index is 0.661. The van der Waals surface area contributed by atoms with E-state index in [0.717, 1.165) is 5.33 Å². The van der Waals surface area contributed by atoms with Crippen LogP contribution in [-0.4, -0.2) is 5.33 Å². The molecule has 0 radical (unpaired) electrons. The molecule has 0 aromatic heterocycles. The molecule has 1 atom stereocenters. The lowest BCUT2D eigenvalue weighted by molar-refractivity contribution is 0.701. The average molecular weight is 215 g/mol. The summed E-state index contributed by atoms with van der Waals surface area (Å²) in [5, 5.41) is 1.02. The van der Waals surface area contributed by atoms with Crippen molar-refractivity contribution in [3.05, 3.63) is 23.3 Å². The van der Waals surface area contributed by atoms with E-state index in [-0.39, 0.29) is 0 Å². The standard InChI is InChI=1S/C10H15Br/c1-7(2)9-5-4-8(3)10(9)6-11/h9H,1,4-6H2,2-3H3/t9-/m0/s1. The van der Waals surface area contributed by atoms with Crippen LogP contribution >= 0.6 is 15.9 Å². The zero-order valence-corrected chi connectivity index (χ0v) is 8.87. The summed E-state index contributed by atoms with van der Waals surface area (Å²) in [7, 11) is 0. The first-order chi connectivity index (χ1) is 5.16. The van der Waals surface area contributed by atoms with E-state index < -0.39 is 0 Å². The first kappa shape index (κ1) is 9.05. The molecule has 0 N–H and O–H groups in total. The van der Waals surface area contributed by atoms with Crippen LogP contribution in [-0.2, 0) is 0 Å². The molecule has 0 spiro atoms. The summed E-state index contributed by atoms with van der Waals surface area (Å²) in [6, 6.07) is 0. The molecule has 0 fully saturated rings. The van der Waals surface area contributed by atoms with Crippen LogP contribution < -0.4 is 0 Å². The van der Waals surface area contributed by atoms with Gasteiger partial charge in [0.25, 0.3) is 0 Å². The van der Waals surface area contributed by atoms with Gasteiger partial charge in [0.15, 0.2) is 0 Å². The number of hydrogen-bond donors (Lipinski definition) is 0. The Labute approximate surface area is 77.5 Å². The van der Waals surface area contributed by atoms with Gasteiger partial charge in [-0.3, -0.25) is 0 Å². The molecule has 0 aromatic rings. The maximum absolute atomic E-state index is 4.01. The van der Waals surface area contributed by atoms with E-state index in [0.29, 0.717) is 5.92 Å². The Morgan fingerprint density at radius 3 is 2.73 bits per heavy atom. The number of halogens is 1. The minimum atomic E-state index is 0.661. The van der Waals surface area contributed by atoms with Crippen molar-refractivity contribution in [2.75, 3.05) is 5.33 Å². The fraction of sp³-hybridized carbons (Fsp3) is 0.600. The molecule has 1 aliphatic rings. The van der Waals surface area contributed by atoms with Gasteiger partial charge in [-0.15, -0.1) is 0 Å². The van der Waals surface area contributed by atoms with Crippen LogP contribution in [0.5, 0.6) is 0 Å². The van der Waals surface area contributed by atoms with Gasteiger partial charge in [-0.25, -0.2) is 0 Å². The number of alkyl halides is 1. The van der Waals surface area contributed by atoms with Crippen LogP contribution in [0.4, 0.5) is 0 Å². The lowest BCUT2D eigenvalue weighted by atomic mass is 9.95. The predicted octanol–water partition coefficient (Wildman–Crippen LogP) is 3.68. The van der Waals surface area contributed by atoms with Gasteiger partial charge in [0.2, 0.25) is 0 Å². The van der Waals surface area contributed by atoms with Crippen molar-refractivity contribution in [2.45, 2.75) is 26.7 Å². The van der Waals surface area contributed by atoms with Gasteiger partial charge in [0, 0.05) is 11.2 Å². The third-order valence-electron chi connectivity index (χ3n) is 2.52. The first-order valence-corrected chi connectivity index (χ1v) is 5.18. The third kappa shape index (κ3) is 1.76. The van der Waals surface area contributed by atoms with Crippen molar-refractivity contribution in [1.29, 1.82) is 0 Å². The van der Waals surface area contributed by atoms with Crippen LogP contribution in [0.15, 0.2) is 23.3 Å². The molecule has 1 heteroatoms. The van der Waals surface area contributed by atoms with Gasteiger partial charge in [-0.2, -0.15) is 0 Å². The normalized spacial score (nSPS) is 24.5. The molecule has 0 aromatic carbocycles. The monoisotopic (exact) mass is 214 g/mol. The maximum atomic E-state index is 4.01. The van der Waals surface area contributed by atoms with Crippen molar-refractivity contribution in [3.8, 4) is 0 Å². The van der Waals surface area contributed by atoms with Gasteiger partial charge in [0.1, 0.15) is 0 Å². The van der Waals surface area contributed by atoms with E-state index in [9.17, 15) is 0 Å². The van der Waals surface area contributed by atoms with Gasteiger partial charge in [-0.1, -0.05) is 39.2 Å². The van der Waals surface area contributed by atoms with E-state index in [2.05, 4.69) is 36.4 Å². The Morgan fingerprint density at radius 1 is 1.73 bits per heavy atom.